The smallest absolute Gasteiger partial charge is 0.226 e. The van der Waals surface area contributed by atoms with Crippen molar-refractivity contribution in [3.8, 4) is 11.5 Å². The average Bonchev–Trinajstić information content (AvgIpc) is 2.88. The van der Waals surface area contributed by atoms with Gasteiger partial charge < -0.3 is 9.73 Å². The lowest BCUT2D eigenvalue weighted by atomic mass is 10.2. The van der Waals surface area contributed by atoms with Crippen molar-refractivity contribution in [2.24, 2.45) is 0 Å². The summed E-state index contributed by atoms with van der Waals surface area (Å²) in [5.41, 5.74) is 1.71. The zero-order valence-corrected chi connectivity index (χ0v) is 11.5. The van der Waals surface area contributed by atoms with Gasteiger partial charge >= 0.3 is 0 Å². The largest absolute Gasteiger partial charge is 0.444 e. The summed E-state index contributed by atoms with van der Waals surface area (Å²) in [7, 11) is 0. The maximum absolute atomic E-state index is 12.9. The molecule has 0 amide bonds. The van der Waals surface area contributed by atoms with Crippen LogP contribution in [0.1, 0.15) is 12.6 Å². The highest BCUT2D eigenvalue weighted by molar-refractivity contribution is 5.52. The molecule has 0 bridgehead atoms. The van der Waals surface area contributed by atoms with E-state index in [1.165, 1.54) is 12.1 Å². The van der Waals surface area contributed by atoms with Gasteiger partial charge in [-0.1, -0.05) is 0 Å². The van der Waals surface area contributed by atoms with Crippen molar-refractivity contribution < 1.29 is 8.81 Å². The fourth-order valence-corrected chi connectivity index (χ4v) is 2.49. The van der Waals surface area contributed by atoms with E-state index >= 15 is 0 Å². The van der Waals surface area contributed by atoms with Crippen molar-refractivity contribution in [3.05, 3.63) is 42.0 Å². The molecule has 4 nitrogen and oxygen atoms in total. The zero-order valence-electron chi connectivity index (χ0n) is 11.5. The van der Waals surface area contributed by atoms with Gasteiger partial charge in [-0.15, -0.1) is 0 Å². The number of hydrogen-bond donors (Lipinski definition) is 1. The SMILES string of the molecule is C[C@H]1CN(Cc2coc(-c3ccc(F)cc3)n2)CCN1. The molecule has 5 heteroatoms. The van der Waals surface area contributed by atoms with Crippen LogP contribution < -0.4 is 5.32 Å². The Morgan fingerprint density at radius 3 is 2.95 bits per heavy atom. The highest BCUT2D eigenvalue weighted by Crippen LogP contribution is 2.19. The number of nitrogens with one attached hydrogen (secondary N) is 1. The molecular weight excluding hydrogens is 257 g/mol. The van der Waals surface area contributed by atoms with Crippen LogP contribution in [-0.4, -0.2) is 35.6 Å². The van der Waals surface area contributed by atoms with Crippen LogP contribution in [0, 0.1) is 5.82 Å². The van der Waals surface area contributed by atoms with Crippen LogP contribution in [-0.2, 0) is 6.54 Å². The molecule has 1 atom stereocenters. The topological polar surface area (TPSA) is 41.3 Å². The van der Waals surface area contributed by atoms with Gasteiger partial charge in [-0.25, -0.2) is 9.37 Å². The van der Waals surface area contributed by atoms with Crippen LogP contribution in [0.3, 0.4) is 0 Å². The Hall–Kier alpha value is -1.72. The molecular formula is C15H18FN3O. The zero-order chi connectivity index (χ0) is 13.9. The maximum Gasteiger partial charge on any atom is 0.226 e. The maximum atomic E-state index is 12.9. The Balaban J connectivity index is 1.69. The van der Waals surface area contributed by atoms with Crippen LogP contribution >= 0.6 is 0 Å². The van der Waals surface area contributed by atoms with Gasteiger partial charge in [0.05, 0.1) is 5.69 Å². The molecule has 0 saturated carbocycles. The number of halogens is 1. The number of aromatic nitrogens is 1. The third-order valence-corrected chi connectivity index (χ3v) is 3.48. The van der Waals surface area contributed by atoms with Crippen molar-refractivity contribution in [2.45, 2.75) is 19.5 Å². The molecule has 1 aromatic carbocycles. The summed E-state index contributed by atoms with van der Waals surface area (Å²) in [6, 6.07) is 6.69. The molecule has 1 saturated heterocycles. The number of oxazole rings is 1. The second-order valence-electron chi connectivity index (χ2n) is 5.24. The molecule has 0 spiro atoms. The number of nitrogens with zero attached hydrogens (tertiary/aromatic N) is 2. The fourth-order valence-electron chi connectivity index (χ4n) is 2.49. The van der Waals surface area contributed by atoms with Crippen molar-refractivity contribution in [1.29, 1.82) is 0 Å². The van der Waals surface area contributed by atoms with Gasteiger partial charge in [0.15, 0.2) is 0 Å². The van der Waals surface area contributed by atoms with Gasteiger partial charge in [0, 0.05) is 37.8 Å². The number of benzene rings is 1. The molecule has 0 radical (unpaired) electrons. The molecule has 1 aliphatic rings. The number of hydrogen-bond acceptors (Lipinski definition) is 4. The summed E-state index contributed by atoms with van der Waals surface area (Å²) in [4.78, 5) is 6.83. The first-order chi connectivity index (χ1) is 9.70. The summed E-state index contributed by atoms with van der Waals surface area (Å²) < 4.78 is 18.4. The molecule has 1 fully saturated rings. The molecule has 1 aromatic heterocycles. The van der Waals surface area contributed by atoms with Gasteiger partial charge in [-0.2, -0.15) is 0 Å². The van der Waals surface area contributed by atoms with Crippen LogP contribution in [0.5, 0.6) is 0 Å². The lowest BCUT2D eigenvalue weighted by Crippen LogP contribution is -2.48. The Morgan fingerprint density at radius 2 is 2.20 bits per heavy atom. The molecule has 1 N–H and O–H groups in total. The summed E-state index contributed by atoms with van der Waals surface area (Å²) in [6.07, 6.45) is 1.69. The first kappa shape index (κ1) is 13.3. The minimum Gasteiger partial charge on any atom is -0.444 e. The third-order valence-electron chi connectivity index (χ3n) is 3.48. The Kier molecular flexibility index (Phi) is 3.80. The quantitative estimate of drug-likeness (QED) is 0.933. The van der Waals surface area contributed by atoms with Gasteiger partial charge in [0.25, 0.3) is 0 Å². The first-order valence-corrected chi connectivity index (χ1v) is 6.87. The van der Waals surface area contributed by atoms with E-state index < -0.39 is 0 Å². The van der Waals surface area contributed by atoms with Gasteiger partial charge in [-0.05, 0) is 31.2 Å². The van der Waals surface area contributed by atoms with E-state index in [0.29, 0.717) is 11.9 Å². The molecule has 20 heavy (non-hydrogen) atoms. The molecule has 2 heterocycles. The van der Waals surface area contributed by atoms with E-state index in [0.717, 1.165) is 37.4 Å². The van der Waals surface area contributed by atoms with Crippen molar-refractivity contribution in [3.63, 3.8) is 0 Å². The van der Waals surface area contributed by atoms with Gasteiger partial charge in [-0.3, -0.25) is 4.90 Å². The summed E-state index contributed by atoms with van der Waals surface area (Å²) in [5.74, 6) is 0.290. The molecule has 0 unspecified atom stereocenters. The molecule has 1 aliphatic heterocycles. The summed E-state index contributed by atoms with van der Waals surface area (Å²) in [6.45, 7) is 6.00. The second-order valence-corrected chi connectivity index (χ2v) is 5.24. The lowest BCUT2D eigenvalue weighted by molar-refractivity contribution is 0.197. The van der Waals surface area contributed by atoms with E-state index in [4.69, 9.17) is 4.42 Å². The minimum absolute atomic E-state index is 0.254. The standard InChI is InChI=1S/C15H18FN3O/c1-11-8-19(7-6-17-11)9-14-10-20-15(18-14)12-2-4-13(16)5-3-12/h2-5,10-11,17H,6-9H2,1H3/t11-/m0/s1. The number of rotatable bonds is 3. The van der Waals surface area contributed by atoms with Gasteiger partial charge in [0.1, 0.15) is 12.1 Å². The summed E-state index contributed by atoms with van der Waals surface area (Å²) >= 11 is 0. The van der Waals surface area contributed by atoms with Crippen molar-refractivity contribution in [2.75, 3.05) is 19.6 Å². The molecule has 3 rings (SSSR count). The Bertz CT molecular complexity index is 567. The van der Waals surface area contributed by atoms with E-state index in [1.807, 2.05) is 0 Å². The van der Waals surface area contributed by atoms with E-state index in [2.05, 4.69) is 22.1 Å². The predicted molar refractivity (Wildman–Crippen MR) is 74.6 cm³/mol. The Morgan fingerprint density at radius 1 is 1.40 bits per heavy atom. The van der Waals surface area contributed by atoms with Crippen molar-refractivity contribution >= 4 is 0 Å². The van der Waals surface area contributed by atoms with E-state index in [-0.39, 0.29) is 5.82 Å². The van der Waals surface area contributed by atoms with E-state index in [9.17, 15) is 4.39 Å². The van der Waals surface area contributed by atoms with Crippen LogP contribution in [0.15, 0.2) is 34.9 Å². The predicted octanol–water partition coefficient (Wildman–Crippen LogP) is 2.27. The van der Waals surface area contributed by atoms with Gasteiger partial charge in [0.2, 0.25) is 5.89 Å². The highest BCUT2D eigenvalue weighted by Gasteiger charge is 2.17. The van der Waals surface area contributed by atoms with Crippen LogP contribution in [0.4, 0.5) is 4.39 Å². The number of piperazine rings is 1. The third kappa shape index (κ3) is 3.05. The minimum atomic E-state index is -0.254. The summed E-state index contributed by atoms with van der Waals surface area (Å²) in [5, 5.41) is 3.41. The molecule has 106 valence electrons. The normalized spacial score (nSPS) is 20.2. The first-order valence-electron chi connectivity index (χ1n) is 6.87. The van der Waals surface area contributed by atoms with E-state index in [1.54, 1.807) is 18.4 Å². The fraction of sp³-hybridized carbons (Fsp3) is 0.400. The Labute approximate surface area is 117 Å². The van der Waals surface area contributed by atoms with Crippen LogP contribution in [0.2, 0.25) is 0 Å². The highest BCUT2D eigenvalue weighted by atomic mass is 19.1. The van der Waals surface area contributed by atoms with Crippen LogP contribution in [0.25, 0.3) is 11.5 Å². The second kappa shape index (κ2) is 5.73. The lowest BCUT2D eigenvalue weighted by Gasteiger charge is -2.31. The molecule has 2 aromatic rings. The van der Waals surface area contributed by atoms with Crippen molar-refractivity contribution in [1.82, 2.24) is 15.2 Å². The monoisotopic (exact) mass is 275 g/mol. The average molecular weight is 275 g/mol. The molecule has 0 aliphatic carbocycles.